The number of guanidine groups is 1. The molecule has 0 spiro atoms. The number of hydrogen-bond donors (Lipinski definition) is 2. The molecule has 1 aliphatic rings. The summed E-state index contributed by atoms with van der Waals surface area (Å²) in [4.78, 5) is 6.59. The highest BCUT2D eigenvalue weighted by molar-refractivity contribution is 5.78. The van der Waals surface area contributed by atoms with E-state index in [1.807, 2.05) is 0 Å². The molecule has 94 valence electrons. The molecule has 4 heteroatoms. The smallest absolute Gasteiger partial charge is 0.189 e. The van der Waals surface area contributed by atoms with Crippen molar-refractivity contribution in [1.29, 1.82) is 0 Å². The van der Waals surface area contributed by atoms with E-state index in [2.05, 4.69) is 43.2 Å². The number of hydrogen-bond acceptors (Lipinski definition) is 2. The third kappa shape index (κ3) is 5.95. The van der Waals surface area contributed by atoms with Crippen LogP contribution in [0.3, 0.4) is 0 Å². The summed E-state index contributed by atoms with van der Waals surface area (Å²) in [5, 5.41) is 3.34. The number of nitrogens with zero attached hydrogens (tertiary/aromatic N) is 2. The van der Waals surface area contributed by atoms with Gasteiger partial charge in [0.05, 0.1) is 6.04 Å². The maximum absolute atomic E-state index is 5.89. The SMILES string of the molecule is CC(C)CC(CN(C)C)NC(N)=NC1CC1. The minimum absolute atomic E-state index is 0.400. The summed E-state index contributed by atoms with van der Waals surface area (Å²) in [6, 6.07) is 0.893. The Bertz CT molecular complexity index is 221. The number of nitrogens with one attached hydrogen (secondary N) is 1. The topological polar surface area (TPSA) is 53.6 Å². The van der Waals surface area contributed by atoms with Gasteiger partial charge >= 0.3 is 0 Å². The Hall–Kier alpha value is -0.770. The van der Waals surface area contributed by atoms with Crippen LogP contribution >= 0.6 is 0 Å². The van der Waals surface area contributed by atoms with Crippen LogP contribution in [0, 0.1) is 5.92 Å². The van der Waals surface area contributed by atoms with Gasteiger partial charge in [-0.25, -0.2) is 0 Å². The molecule has 0 bridgehead atoms. The standard InChI is InChI=1S/C12H26N4/c1-9(2)7-11(8-16(3)4)15-12(13)14-10-5-6-10/h9-11H,5-8H2,1-4H3,(H3,13,14,15). The lowest BCUT2D eigenvalue weighted by atomic mass is 10.0. The van der Waals surface area contributed by atoms with E-state index in [0.717, 1.165) is 13.0 Å². The van der Waals surface area contributed by atoms with Crippen molar-refractivity contribution in [3.05, 3.63) is 0 Å². The normalized spacial score (nSPS) is 19.2. The van der Waals surface area contributed by atoms with E-state index < -0.39 is 0 Å². The van der Waals surface area contributed by atoms with Crippen LogP contribution in [0.5, 0.6) is 0 Å². The maximum atomic E-state index is 5.89. The van der Waals surface area contributed by atoms with Crippen LogP contribution in [-0.4, -0.2) is 43.6 Å². The second kappa shape index (κ2) is 6.09. The van der Waals surface area contributed by atoms with Gasteiger partial charge in [-0.3, -0.25) is 4.99 Å². The van der Waals surface area contributed by atoms with E-state index in [4.69, 9.17) is 5.73 Å². The molecule has 0 aromatic heterocycles. The van der Waals surface area contributed by atoms with E-state index in [1.165, 1.54) is 12.8 Å². The third-order valence-electron chi connectivity index (χ3n) is 2.56. The number of aliphatic imine (C=N–C) groups is 1. The Morgan fingerprint density at radius 2 is 2.06 bits per heavy atom. The van der Waals surface area contributed by atoms with Gasteiger partial charge in [0, 0.05) is 12.6 Å². The third-order valence-corrected chi connectivity index (χ3v) is 2.56. The van der Waals surface area contributed by atoms with Crippen LogP contribution in [0.2, 0.25) is 0 Å². The summed E-state index contributed by atoms with van der Waals surface area (Å²) in [5.41, 5.74) is 5.89. The van der Waals surface area contributed by atoms with Crippen LogP contribution in [-0.2, 0) is 0 Å². The quantitative estimate of drug-likeness (QED) is 0.525. The second-order valence-corrected chi connectivity index (χ2v) is 5.48. The lowest BCUT2D eigenvalue weighted by molar-refractivity contribution is 0.327. The first-order valence-corrected chi connectivity index (χ1v) is 6.22. The van der Waals surface area contributed by atoms with Gasteiger partial charge in [-0.2, -0.15) is 0 Å². The van der Waals surface area contributed by atoms with Crippen LogP contribution in [0.4, 0.5) is 0 Å². The van der Waals surface area contributed by atoms with Crippen molar-refractivity contribution in [3.8, 4) is 0 Å². The Morgan fingerprint density at radius 3 is 2.50 bits per heavy atom. The zero-order valence-electron chi connectivity index (χ0n) is 11.0. The molecule has 1 unspecified atom stereocenters. The van der Waals surface area contributed by atoms with Crippen molar-refractivity contribution in [3.63, 3.8) is 0 Å². The predicted octanol–water partition coefficient (Wildman–Crippen LogP) is 1.03. The highest BCUT2D eigenvalue weighted by Crippen LogP contribution is 2.23. The average molecular weight is 226 g/mol. The van der Waals surface area contributed by atoms with Crippen LogP contribution in [0.1, 0.15) is 33.1 Å². The average Bonchev–Trinajstić information content (AvgIpc) is 2.84. The van der Waals surface area contributed by atoms with Crippen molar-refractivity contribution in [2.45, 2.75) is 45.2 Å². The highest BCUT2D eigenvalue weighted by atomic mass is 15.2. The van der Waals surface area contributed by atoms with Gasteiger partial charge in [-0.05, 0) is 39.3 Å². The van der Waals surface area contributed by atoms with Gasteiger partial charge in [0.2, 0.25) is 0 Å². The number of likely N-dealkylation sites (N-methyl/N-ethyl adjacent to an activating group) is 1. The Morgan fingerprint density at radius 1 is 1.44 bits per heavy atom. The predicted molar refractivity (Wildman–Crippen MR) is 69.6 cm³/mol. The van der Waals surface area contributed by atoms with E-state index >= 15 is 0 Å². The highest BCUT2D eigenvalue weighted by Gasteiger charge is 2.21. The molecule has 1 rings (SSSR count). The van der Waals surface area contributed by atoms with Crippen LogP contribution < -0.4 is 11.1 Å². The van der Waals surface area contributed by atoms with E-state index in [-0.39, 0.29) is 0 Å². The van der Waals surface area contributed by atoms with Crippen LogP contribution in [0.15, 0.2) is 4.99 Å². The van der Waals surface area contributed by atoms with Gasteiger partial charge in [0.1, 0.15) is 0 Å². The first kappa shape index (κ1) is 13.3. The van der Waals surface area contributed by atoms with Gasteiger partial charge in [0.25, 0.3) is 0 Å². The van der Waals surface area contributed by atoms with Crippen molar-refractivity contribution in [1.82, 2.24) is 10.2 Å². The van der Waals surface area contributed by atoms with E-state index in [0.29, 0.717) is 24.0 Å². The molecule has 0 radical (unpaired) electrons. The summed E-state index contributed by atoms with van der Waals surface area (Å²) in [6.07, 6.45) is 3.52. The zero-order valence-corrected chi connectivity index (χ0v) is 11.0. The number of nitrogens with two attached hydrogens (primary N) is 1. The molecule has 1 atom stereocenters. The molecule has 1 fully saturated rings. The van der Waals surface area contributed by atoms with Crippen molar-refractivity contribution in [2.24, 2.45) is 16.6 Å². The molecule has 3 N–H and O–H groups in total. The molecule has 0 aromatic carbocycles. The molecule has 1 saturated carbocycles. The van der Waals surface area contributed by atoms with Gasteiger partial charge < -0.3 is 16.0 Å². The van der Waals surface area contributed by atoms with Crippen molar-refractivity contribution >= 4 is 5.96 Å². The largest absolute Gasteiger partial charge is 0.370 e. The molecule has 4 nitrogen and oxygen atoms in total. The summed E-state index contributed by atoms with van der Waals surface area (Å²) in [6.45, 7) is 5.47. The first-order valence-electron chi connectivity index (χ1n) is 6.22. The van der Waals surface area contributed by atoms with Crippen molar-refractivity contribution in [2.75, 3.05) is 20.6 Å². The summed E-state index contributed by atoms with van der Waals surface area (Å²) in [7, 11) is 4.17. The first-order chi connectivity index (χ1) is 7.47. The molecule has 0 aromatic rings. The molecule has 16 heavy (non-hydrogen) atoms. The minimum atomic E-state index is 0.400. The fraction of sp³-hybridized carbons (Fsp3) is 0.917. The van der Waals surface area contributed by atoms with Gasteiger partial charge in [-0.1, -0.05) is 13.8 Å². The van der Waals surface area contributed by atoms with Crippen LogP contribution in [0.25, 0.3) is 0 Å². The molecular weight excluding hydrogens is 200 g/mol. The molecule has 0 saturated heterocycles. The maximum Gasteiger partial charge on any atom is 0.189 e. The Kier molecular flexibility index (Phi) is 5.06. The fourth-order valence-corrected chi connectivity index (χ4v) is 1.84. The fourth-order valence-electron chi connectivity index (χ4n) is 1.84. The molecule has 0 amide bonds. The van der Waals surface area contributed by atoms with E-state index in [1.54, 1.807) is 0 Å². The van der Waals surface area contributed by atoms with Gasteiger partial charge in [0.15, 0.2) is 5.96 Å². The van der Waals surface area contributed by atoms with Crippen molar-refractivity contribution < 1.29 is 0 Å². The lowest BCUT2D eigenvalue weighted by Gasteiger charge is -2.24. The molecule has 0 aliphatic heterocycles. The Labute approximate surface area is 99.3 Å². The molecule has 1 aliphatic carbocycles. The summed E-state index contributed by atoms with van der Waals surface area (Å²) < 4.78 is 0. The molecule has 0 heterocycles. The summed E-state index contributed by atoms with van der Waals surface area (Å²) >= 11 is 0. The lowest BCUT2D eigenvalue weighted by Crippen LogP contribution is -2.45. The van der Waals surface area contributed by atoms with Gasteiger partial charge in [-0.15, -0.1) is 0 Å². The summed E-state index contributed by atoms with van der Waals surface area (Å²) in [5.74, 6) is 1.29. The minimum Gasteiger partial charge on any atom is -0.370 e. The van der Waals surface area contributed by atoms with E-state index in [9.17, 15) is 0 Å². The number of rotatable bonds is 6. The monoisotopic (exact) mass is 226 g/mol. The Balaban J connectivity index is 2.40. The molecular formula is C12H26N4. The zero-order chi connectivity index (χ0) is 12.1. The second-order valence-electron chi connectivity index (χ2n) is 5.48.